The summed E-state index contributed by atoms with van der Waals surface area (Å²) in [6, 6.07) is 8.08. The molecule has 5 nitrogen and oxygen atoms in total. The van der Waals surface area contributed by atoms with E-state index in [1.165, 1.54) is 18.1 Å². The van der Waals surface area contributed by atoms with Gasteiger partial charge in [0.2, 0.25) is 0 Å². The number of benzene rings is 1. The fourth-order valence-corrected chi connectivity index (χ4v) is 3.33. The van der Waals surface area contributed by atoms with Crippen molar-refractivity contribution in [2.75, 3.05) is 0 Å². The fraction of sp³-hybridized carbons (Fsp3) is 0.294. The molecule has 0 aliphatic heterocycles. The average Bonchev–Trinajstić information content (AvgIpc) is 2.99. The van der Waals surface area contributed by atoms with Crippen molar-refractivity contribution in [2.24, 2.45) is 0 Å². The largest absolute Gasteiger partial charge is 0.302 e. The summed E-state index contributed by atoms with van der Waals surface area (Å²) in [4.78, 5) is 8.01. The second-order valence-corrected chi connectivity index (χ2v) is 6.27. The number of hydrogen-bond donors (Lipinski definition) is 0. The SMILES string of the molecule is CCc1ncnc(Sc2nnc(-c3cccc(C)c3)n2CC)c1F. The summed E-state index contributed by atoms with van der Waals surface area (Å²) in [6.45, 7) is 6.60. The van der Waals surface area contributed by atoms with Crippen LogP contribution in [0.1, 0.15) is 25.1 Å². The van der Waals surface area contributed by atoms with E-state index in [4.69, 9.17) is 0 Å². The quantitative estimate of drug-likeness (QED) is 0.657. The highest BCUT2D eigenvalue weighted by Crippen LogP contribution is 2.30. The van der Waals surface area contributed by atoms with E-state index in [1.807, 2.05) is 43.5 Å². The van der Waals surface area contributed by atoms with Gasteiger partial charge in [-0.3, -0.25) is 0 Å². The Morgan fingerprint density at radius 1 is 1.17 bits per heavy atom. The summed E-state index contributed by atoms with van der Waals surface area (Å²) >= 11 is 1.18. The Balaban J connectivity index is 1.99. The maximum Gasteiger partial charge on any atom is 0.197 e. The molecule has 0 spiro atoms. The van der Waals surface area contributed by atoms with Gasteiger partial charge in [-0.15, -0.1) is 10.2 Å². The minimum atomic E-state index is -0.382. The third-order valence-corrected chi connectivity index (χ3v) is 4.62. The number of aryl methyl sites for hydroxylation is 2. The third-order valence-electron chi connectivity index (χ3n) is 3.66. The molecule has 0 N–H and O–H groups in total. The van der Waals surface area contributed by atoms with Gasteiger partial charge >= 0.3 is 0 Å². The first-order chi connectivity index (χ1) is 11.6. The number of halogens is 1. The van der Waals surface area contributed by atoms with Crippen LogP contribution in [0.3, 0.4) is 0 Å². The van der Waals surface area contributed by atoms with E-state index in [-0.39, 0.29) is 10.8 Å². The molecular formula is C17H18FN5S. The highest BCUT2D eigenvalue weighted by atomic mass is 32.2. The molecule has 0 aliphatic carbocycles. The molecule has 124 valence electrons. The summed E-state index contributed by atoms with van der Waals surface area (Å²) in [7, 11) is 0. The second kappa shape index (κ2) is 7.09. The maximum absolute atomic E-state index is 14.4. The molecule has 1 aromatic carbocycles. The molecule has 0 fully saturated rings. The zero-order chi connectivity index (χ0) is 17.1. The van der Waals surface area contributed by atoms with Crippen molar-refractivity contribution in [3.8, 4) is 11.4 Å². The molecule has 0 unspecified atom stereocenters. The van der Waals surface area contributed by atoms with Crippen molar-refractivity contribution in [1.82, 2.24) is 24.7 Å². The highest BCUT2D eigenvalue weighted by molar-refractivity contribution is 7.99. The van der Waals surface area contributed by atoms with E-state index in [0.717, 1.165) is 17.0 Å². The van der Waals surface area contributed by atoms with Crippen LogP contribution in [0.5, 0.6) is 0 Å². The Hall–Kier alpha value is -2.28. The summed E-state index contributed by atoms with van der Waals surface area (Å²) < 4.78 is 16.3. The predicted octanol–water partition coefficient (Wildman–Crippen LogP) is 3.92. The van der Waals surface area contributed by atoms with E-state index >= 15 is 0 Å². The molecule has 2 aromatic heterocycles. The van der Waals surface area contributed by atoms with Gasteiger partial charge in [-0.25, -0.2) is 14.4 Å². The van der Waals surface area contributed by atoms with Crippen LogP contribution in [-0.4, -0.2) is 24.7 Å². The van der Waals surface area contributed by atoms with Gasteiger partial charge < -0.3 is 4.57 Å². The van der Waals surface area contributed by atoms with E-state index in [1.54, 1.807) is 0 Å². The van der Waals surface area contributed by atoms with Gasteiger partial charge in [-0.05, 0) is 38.1 Å². The van der Waals surface area contributed by atoms with E-state index < -0.39 is 0 Å². The van der Waals surface area contributed by atoms with Crippen LogP contribution in [0.25, 0.3) is 11.4 Å². The lowest BCUT2D eigenvalue weighted by Gasteiger charge is -2.08. The van der Waals surface area contributed by atoms with Gasteiger partial charge in [-0.1, -0.05) is 30.7 Å². The van der Waals surface area contributed by atoms with Crippen molar-refractivity contribution in [3.63, 3.8) is 0 Å². The first-order valence-corrected chi connectivity index (χ1v) is 8.63. The fourth-order valence-electron chi connectivity index (χ4n) is 2.44. The normalized spacial score (nSPS) is 11.0. The zero-order valence-electron chi connectivity index (χ0n) is 13.8. The van der Waals surface area contributed by atoms with Gasteiger partial charge in [0.15, 0.2) is 16.8 Å². The third kappa shape index (κ3) is 3.17. The van der Waals surface area contributed by atoms with Gasteiger partial charge in [-0.2, -0.15) is 0 Å². The molecule has 0 aliphatic rings. The predicted molar refractivity (Wildman–Crippen MR) is 91.4 cm³/mol. The van der Waals surface area contributed by atoms with Crippen molar-refractivity contribution in [2.45, 2.75) is 43.9 Å². The first-order valence-electron chi connectivity index (χ1n) is 7.81. The Kier molecular flexibility index (Phi) is 4.89. The topological polar surface area (TPSA) is 56.5 Å². The van der Waals surface area contributed by atoms with E-state index in [0.29, 0.717) is 23.8 Å². The number of hydrogen-bond acceptors (Lipinski definition) is 5. The van der Waals surface area contributed by atoms with Crippen molar-refractivity contribution >= 4 is 11.8 Å². The number of nitrogens with zero attached hydrogens (tertiary/aromatic N) is 5. The van der Waals surface area contributed by atoms with Crippen LogP contribution in [0.15, 0.2) is 40.8 Å². The van der Waals surface area contributed by atoms with E-state index in [2.05, 4.69) is 26.2 Å². The summed E-state index contributed by atoms with van der Waals surface area (Å²) in [5, 5.41) is 9.42. The lowest BCUT2D eigenvalue weighted by atomic mass is 10.1. The molecule has 3 aromatic rings. The summed E-state index contributed by atoms with van der Waals surface area (Å²) in [5.74, 6) is 0.390. The molecule has 24 heavy (non-hydrogen) atoms. The Morgan fingerprint density at radius 2 is 2.00 bits per heavy atom. The molecule has 0 radical (unpaired) electrons. The minimum Gasteiger partial charge on any atom is -0.302 e. The molecule has 0 saturated heterocycles. The van der Waals surface area contributed by atoms with Gasteiger partial charge in [0.25, 0.3) is 0 Å². The van der Waals surface area contributed by atoms with Crippen LogP contribution in [0.4, 0.5) is 4.39 Å². The number of rotatable bonds is 5. The van der Waals surface area contributed by atoms with Crippen LogP contribution >= 0.6 is 11.8 Å². The summed E-state index contributed by atoms with van der Waals surface area (Å²) in [6.07, 6.45) is 1.91. The van der Waals surface area contributed by atoms with E-state index in [9.17, 15) is 4.39 Å². The van der Waals surface area contributed by atoms with Gasteiger partial charge in [0, 0.05) is 12.1 Å². The van der Waals surface area contributed by atoms with Gasteiger partial charge in [0.1, 0.15) is 11.4 Å². The van der Waals surface area contributed by atoms with Crippen molar-refractivity contribution in [1.29, 1.82) is 0 Å². The molecule has 0 bridgehead atoms. The first kappa shape index (κ1) is 16.6. The van der Waals surface area contributed by atoms with Gasteiger partial charge in [0.05, 0.1) is 5.69 Å². The lowest BCUT2D eigenvalue weighted by molar-refractivity contribution is 0.558. The molecule has 0 saturated carbocycles. The molecule has 7 heteroatoms. The molecule has 0 atom stereocenters. The molecular weight excluding hydrogens is 325 g/mol. The van der Waals surface area contributed by atoms with Crippen molar-refractivity contribution < 1.29 is 4.39 Å². The van der Waals surface area contributed by atoms with Crippen LogP contribution in [-0.2, 0) is 13.0 Å². The Labute approximate surface area is 144 Å². The van der Waals surface area contributed by atoms with Crippen LogP contribution < -0.4 is 0 Å². The monoisotopic (exact) mass is 343 g/mol. The van der Waals surface area contributed by atoms with Crippen LogP contribution in [0, 0.1) is 12.7 Å². The summed E-state index contributed by atoms with van der Waals surface area (Å²) in [5.41, 5.74) is 2.56. The Morgan fingerprint density at radius 3 is 2.71 bits per heavy atom. The zero-order valence-corrected chi connectivity index (χ0v) is 14.6. The second-order valence-electron chi connectivity index (χ2n) is 5.32. The Bertz CT molecular complexity index is 862. The molecule has 0 amide bonds. The average molecular weight is 343 g/mol. The molecule has 2 heterocycles. The maximum atomic E-state index is 14.4. The standard InChI is InChI=1S/C17H18FN5S/c1-4-13-14(18)16(20-10-19-13)24-17-22-21-15(23(17)5-2)12-8-6-7-11(3)9-12/h6-10H,4-5H2,1-3H3. The lowest BCUT2D eigenvalue weighted by Crippen LogP contribution is -2.02. The van der Waals surface area contributed by atoms with Crippen LogP contribution in [0.2, 0.25) is 0 Å². The number of aromatic nitrogens is 5. The minimum absolute atomic E-state index is 0.278. The molecule has 3 rings (SSSR count). The van der Waals surface area contributed by atoms with Crippen molar-refractivity contribution in [3.05, 3.63) is 47.7 Å². The highest BCUT2D eigenvalue weighted by Gasteiger charge is 2.18. The smallest absolute Gasteiger partial charge is 0.197 e.